The van der Waals surface area contributed by atoms with E-state index in [0.717, 1.165) is 36.3 Å². The summed E-state index contributed by atoms with van der Waals surface area (Å²) in [5, 5.41) is 20.6. The van der Waals surface area contributed by atoms with Crippen LogP contribution in [0.3, 0.4) is 0 Å². The van der Waals surface area contributed by atoms with E-state index < -0.39 is 11.7 Å². The molecule has 1 aliphatic rings. The van der Waals surface area contributed by atoms with Crippen molar-refractivity contribution in [2.24, 2.45) is 5.92 Å². The van der Waals surface area contributed by atoms with Crippen molar-refractivity contribution in [3.63, 3.8) is 0 Å². The number of nitrogens with zero attached hydrogens (tertiary/aromatic N) is 1. The van der Waals surface area contributed by atoms with E-state index in [9.17, 15) is 27.8 Å². The van der Waals surface area contributed by atoms with Gasteiger partial charge in [-0.15, -0.1) is 0 Å². The van der Waals surface area contributed by atoms with Crippen molar-refractivity contribution < 1.29 is 27.8 Å². The summed E-state index contributed by atoms with van der Waals surface area (Å²) < 4.78 is 53.4. The van der Waals surface area contributed by atoms with E-state index >= 15 is 0 Å². The van der Waals surface area contributed by atoms with Crippen LogP contribution in [0.1, 0.15) is 56.7 Å². The minimum Gasteiger partial charge on any atom is -0.508 e. The van der Waals surface area contributed by atoms with Gasteiger partial charge in [0.25, 0.3) is 0 Å². The first-order valence-corrected chi connectivity index (χ1v) is 13.7. The Kier molecular flexibility index (Phi) is 10.4. The molecule has 0 aliphatic carbocycles. The number of alkyl halides is 3. The molecule has 2 aromatic carbocycles. The van der Waals surface area contributed by atoms with Crippen molar-refractivity contribution in [3.8, 4) is 11.5 Å². The summed E-state index contributed by atoms with van der Waals surface area (Å²) in [5.74, 6) is -0.311. The molecule has 2 unspecified atom stereocenters. The number of benzene rings is 2. The van der Waals surface area contributed by atoms with Crippen LogP contribution in [0, 0.1) is 11.7 Å². The average Bonchev–Trinajstić information content (AvgIpc) is 2.93. The SMILES string of the molecule is C=C\C(=C/C(=C\C)C(/C=C\C(=C)N1C(=C)[C@H](CCC(C)c2ccc(F)cc2)C1c1ccc(O)cc1O)=C/C)C(F)(F)F. The molecule has 3 atom stereocenters. The Morgan fingerprint density at radius 1 is 1.02 bits per heavy atom. The highest BCUT2D eigenvalue weighted by Gasteiger charge is 2.44. The van der Waals surface area contributed by atoms with Gasteiger partial charge >= 0.3 is 6.18 Å². The van der Waals surface area contributed by atoms with Gasteiger partial charge in [-0.05, 0) is 85.7 Å². The summed E-state index contributed by atoms with van der Waals surface area (Å²) in [4.78, 5) is 1.89. The quantitative estimate of drug-likeness (QED) is 0.206. The lowest BCUT2D eigenvalue weighted by atomic mass is 9.75. The highest BCUT2D eigenvalue weighted by Crippen LogP contribution is 2.53. The first-order chi connectivity index (χ1) is 19.8. The third-order valence-electron chi connectivity index (χ3n) is 7.66. The molecule has 0 bridgehead atoms. The van der Waals surface area contributed by atoms with E-state index in [2.05, 4.69) is 26.7 Å². The third-order valence-corrected chi connectivity index (χ3v) is 7.66. The predicted octanol–water partition coefficient (Wildman–Crippen LogP) is 9.94. The molecule has 1 aliphatic heterocycles. The number of rotatable bonds is 11. The van der Waals surface area contributed by atoms with Crippen molar-refractivity contribution in [1.82, 2.24) is 4.90 Å². The van der Waals surface area contributed by atoms with E-state index in [1.807, 2.05) is 4.90 Å². The first-order valence-electron chi connectivity index (χ1n) is 13.7. The Morgan fingerprint density at radius 3 is 2.21 bits per heavy atom. The number of aromatic hydroxyl groups is 2. The van der Waals surface area contributed by atoms with Crippen molar-refractivity contribution in [2.75, 3.05) is 0 Å². The molecule has 0 spiro atoms. The number of halogens is 4. The average molecular weight is 580 g/mol. The largest absolute Gasteiger partial charge is 0.508 e. The predicted molar refractivity (Wildman–Crippen MR) is 161 cm³/mol. The highest BCUT2D eigenvalue weighted by molar-refractivity contribution is 5.51. The molecule has 3 rings (SSSR count). The standard InChI is InChI=1S/C35H37F4NO2/c1-7-25(26(8-2)20-28(9-3)35(37,38)39)12-11-23(5)40-24(6)31(34(40)32-19-17-30(41)21-33(32)42)18-10-22(4)27-13-15-29(36)16-14-27/h7-9,11-17,19-22,31,34,41-42H,3,5-6,10,18H2,1-2,4H3/b12-11-,25-7+,26-8+,28-20+/t22?,31-,34?/m0/s1. The van der Waals surface area contributed by atoms with Gasteiger partial charge in [0.05, 0.1) is 11.6 Å². The number of phenols is 2. The molecule has 2 N–H and O–H groups in total. The fourth-order valence-electron chi connectivity index (χ4n) is 5.23. The van der Waals surface area contributed by atoms with Crippen molar-refractivity contribution in [1.29, 1.82) is 0 Å². The van der Waals surface area contributed by atoms with Crippen LogP contribution < -0.4 is 0 Å². The molecule has 222 valence electrons. The number of hydrogen-bond donors (Lipinski definition) is 2. The monoisotopic (exact) mass is 579 g/mol. The summed E-state index contributed by atoms with van der Waals surface area (Å²) in [6, 6.07) is 10.6. The topological polar surface area (TPSA) is 43.7 Å². The summed E-state index contributed by atoms with van der Waals surface area (Å²) in [7, 11) is 0. The maximum absolute atomic E-state index is 13.4. The van der Waals surface area contributed by atoms with Gasteiger partial charge in [-0.2, -0.15) is 13.2 Å². The molecule has 2 aromatic rings. The van der Waals surface area contributed by atoms with E-state index in [1.165, 1.54) is 24.3 Å². The van der Waals surface area contributed by atoms with Gasteiger partial charge in [-0.25, -0.2) is 4.39 Å². The Labute approximate surface area is 245 Å². The Hall–Kier alpha value is -4.26. The van der Waals surface area contributed by atoms with E-state index in [1.54, 1.807) is 56.4 Å². The summed E-state index contributed by atoms with van der Waals surface area (Å²) in [5.41, 5.74) is 3.02. The maximum Gasteiger partial charge on any atom is 0.416 e. The Bertz CT molecular complexity index is 1440. The Balaban J connectivity index is 1.87. The lowest BCUT2D eigenvalue weighted by Gasteiger charge is -2.52. The number of phenolic OH excluding ortho intramolecular Hbond substituents is 2. The molecular formula is C35H37F4NO2. The molecule has 0 amide bonds. The summed E-state index contributed by atoms with van der Waals surface area (Å²) >= 11 is 0. The second kappa shape index (κ2) is 13.6. The zero-order valence-electron chi connectivity index (χ0n) is 24.1. The van der Waals surface area contributed by atoms with E-state index in [-0.39, 0.29) is 35.2 Å². The van der Waals surface area contributed by atoms with Gasteiger partial charge < -0.3 is 15.1 Å². The molecule has 1 saturated heterocycles. The smallest absolute Gasteiger partial charge is 0.416 e. The van der Waals surface area contributed by atoms with Crippen LogP contribution in [0.2, 0.25) is 0 Å². The van der Waals surface area contributed by atoms with Crippen LogP contribution in [-0.2, 0) is 0 Å². The molecule has 7 heteroatoms. The molecule has 0 saturated carbocycles. The maximum atomic E-state index is 13.4. The van der Waals surface area contributed by atoms with E-state index in [4.69, 9.17) is 0 Å². The van der Waals surface area contributed by atoms with Gasteiger partial charge in [0, 0.05) is 28.9 Å². The minimum atomic E-state index is -4.53. The zero-order valence-corrected chi connectivity index (χ0v) is 24.1. The fourth-order valence-corrected chi connectivity index (χ4v) is 5.23. The molecule has 0 aromatic heterocycles. The fraction of sp³-hybridized carbons (Fsp3) is 0.257. The summed E-state index contributed by atoms with van der Waals surface area (Å²) in [6.07, 6.45) is 5.52. The second-order valence-electron chi connectivity index (χ2n) is 10.3. The van der Waals surface area contributed by atoms with E-state index in [0.29, 0.717) is 22.4 Å². The van der Waals surface area contributed by atoms with Crippen LogP contribution in [0.25, 0.3) is 0 Å². The van der Waals surface area contributed by atoms with Gasteiger partial charge in [0.15, 0.2) is 0 Å². The third kappa shape index (κ3) is 7.32. The van der Waals surface area contributed by atoms with Crippen LogP contribution >= 0.6 is 0 Å². The second-order valence-corrected chi connectivity index (χ2v) is 10.3. The first kappa shape index (κ1) is 32.3. The highest BCUT2D eigenvalue weighted by atomic mass is 19.4. The van der Waals surface area contributed by atoms with Crippen LogP contribution in [0.5, 0.6) is 11.5 Å². The minimum absolute atomic E-state index is 0.0503. The molecule has 3 nitrogen and oxygen atoms in total. The van der Waals surface area contributed by atoms with Gasteiger partial charge in [-0.3, -0.25) is 0 Å². The van der Waals surface area contributed by atoms with Crippen molar-refractivity contribution in [2.45, 2.75) is 51.7 Å². The van der Waals surface area contributed by atoms with Crippen molar-refractivity contribution >= 4 is 0 Å². The molecule has 0 radical (unpaired) electrons. The molecule has 1 fully saturated rings. The lowest BCUT2D eigenvalue weighted by molar-refractivity contribution is -0.0881. The van der Waals surface area contributed by atoms with Gasteiger partial charge in [-0.1, -0.05) is 63.1 Å². The molecule has 1 heterocycles. The van der Waals surface area contributed by atoms with Crippen molar-refractivity contribution in [3.05, 3.63) is 144 Å². The van der Waals surface area contributed by atoms with Gasteiger partial charge in [0.1, 0.15) is 17.3 Å². The molecule has 42 heavy (non-hydrogen) atoms. The number of hydrogen-bond acceptors (Lipinski definition) is 3. The normalized spacial score (nSPS) is 19.2. The Morgan fingerprint density at radius 2 is 1.67 bits per heavy atom. The number of allylic oxidation sites excluding steroid dienone is 9. The zero-order chi connectivity index (χ0) is 31.2. The van der Waals surface area contributed by atoms with Crippen LogP contribution in [0.15, 0.2) is 127 Å². The van der Waals surface area contributed by atoms with Crippen LogP contribution in [0.4, 0.5) is 17.6 Å². The number of likely N-dealkylation sites (tertiary alicyclic amines) is 1. The lowest BCUT2D eigenvalue weighted by Crippen LogP contribution is -2.45. The van der Waals surface area contributed by atoms with Crippen LogP contribution in [-0.4, -0.2) is 21.3 Å². The summed E-state index contributed by atoms with van der Waals surface area (Å²) in [6.45, 7) is 17.2. The van der Waals surface area contributed by atoms with Gasteiger partial charge in [0.2, 0.25) is 0 Å². The molecular weight excluding hydrogens is 542 g/mol.